The van der Waals surface area contributed by atoms with Crippen molar-refractivity contribution in [3.8, 4) is 0 Å². The van der Waals surface area contributed by atoms with Crippen LogP contribution < -0.4 is 0 Å². The molecule has 6 atom stereocenters. The molecule has 0 spiro atoms. The van der Waals surface area contributed by atoms with E-state index < -0.39 is 71.2 Å². The zero-order chi connectivity index (χ0) is 44.8. The number of aliphatic hydroxyl groups is 3. The molecule has 1 heterocycles. The number of hydrogen-bond acceptors (Lipinski definition) is 11. The van der Waals surface area contributed by atoms with Crippen LogP contribution in [0.2, 0.25) is 0 Å². The lowest BCUT2D eigenvalue weighted by Gasteiger charge is -2.40. The maximum atomic E-state index is 12.8. The molecule has 0 aromatic carbocycles. The molecule has 0 aliphatic carbocycles. The number of esters is 2. The molecule has 0 radical (unpaired) electrons. The van der Waals surface area contributed by atoms with E-state index in [9.17, 15) is 37.9 Å². The van der Waals surface area contributed by atoms with E-state index in [-0.39, 0.29) is 19.4 Å². The van der Waals surface area contributed by atoms with Crippen molar-refractivity contribution in [3.05, 3.63) is 12.2 Å². The predicted octanol–water partition coefficient (Wildman–Crippen LogP) is 10.6. The van der Waals surface area contributed by atoms with Crippen LogP contribution in [0.1, 0.15) is 226 Å². The Morgan fingerprint density at radius 2 is 0.934 bits per heavy atom. The molecule has 0 aromatic rings. The quantitative estimate of drug-likeness (QED) is 0.0197. The number of carbonyl (C=O) groups excluding carboxylic acids is 2. The first kappa shape index (κ1) is 57.4. The molecule has 13 heteroatoms. The van der Waals surface area contributed by atoms with Crippen LogP contribution in [0.15, 0.2) is 12.2 Å². The Hall–Kier alpha value is -1.61. The van der Waals surface area contributed by atoms with Crippen LogP contribution >= 0.6 is 0 Å². The number of unbranched alkanes of at least 4 members (excludes halogenated alkanes) is 28. The Bertz CT molecular complexity index is 1180. The fraction of sp³-hybridized carbons (Fsp3) is 0.917. The zero-order valence-electron chi connectivity index (χ0n) is 38.5. The molecule has 61 heavy (non-hydrogen) atoms. The second-order valence-corrected chi connectivity index (χ2v) is 19.0. The Morgan fingerprint density at radius 1 is 0.541 bits per heavy atom. The van der Waals surface area contributed by atoms with Gasteiger partial charge in [-0.05, 0) is 38.5 Å². The summed E-state index contributed by atoms with van der Waals surface area (Å²) in [4.78, 5) is 25.4. The van der Waals surface area contributed by atoms with Gasteiger partial charge in [-0.3, -0.25) is 14.1 Å². The lowest BCUT2D eigenvalue weighted by atomic mass is 10.00. The first-order chi connectivity index (χ1) is 29.5. The summed E-state index contributed by atoms with van der Waals surface area (Å²) in [5.74, 6) is -1.97. The van der Waals surface area contributed by atoms with Gasteiger partial charge in [-0.25, -0.2) is 0 Å². The van der Waals surface area contributed by atoms with Crippen molar-refractivity contribution < 1.29 is 56.8 Å². The van der Waals surface area contributed by atoms with Crippen LogP contribution in [-0.4, -0.2) is 96.0 Å². The summed E-state index contributed by atoms with van der Waals surface area (Å²) in [6, 6.07) is 0. The summed E-state index contributed by atoms with van der Waals surface area (Å²) in [5, 5.41) is 30.9. The lowest BCUT2D eigenvalue weighted by molar-refractivity contribution is -0.297. The van der Waals surface area contributed by atoms with Crippen LogP contribution in [0.5, 0.6) is 0 Å². The number of aliphatic hydroxyl groups excluding tert-OH is 3. The zero-order valence-corrected chi connectivity index (χ0v) is 39.4. The van der Waals surface area contributed by atoms with Crippen molar-refractivity contribution in [2.24, 2.45) is 0 Å². The van der Waals surface area contributed by atoms with Crippen LogP contribution in [0.4, 0.5) is 0 Å². The van der Waals surface area contributed by atoms with Gasteiger partial charge in [0.05, 0.1) is 6.61 Å². The van der Waals surface area contributed by atoms with Crippen molar-refractivity contribution in [1.29, 1.82) is 0 Å². The topological polar surface area (TPSA) is 186 Å². The van der Waals surface area contributed by atoms with Gasteiger partial charge in [0.1, 0.15) is 36.8 Å². The molecule has 12 nitrogen and oxygen atoms in total. The first-order valence-corrected chi connectivity index (χ1v) is 26.4. The smallest absolute Gasteiger partial charge is 0.306 e. The molecule has 6 unspecified atom stereocenters. The molecule has 1 rings (SSSR count). The fourth-order valence-corrected chi connectivity index (χ4v) is 8.42. The highest BCUT2D eigenvalue weighted by Gasteiger charge is 2.46. The average Bonchev–Trinajstić information content (AvgIpc) is 3.22. The monoisotopic (exact) mass is 891 g/mol. The van der Waals surface area contributed by atoms with E-state index in [1.807, 2.05) is 0 Å². The average molecular weight is 891 g/mol. The number of hydrogen-bond donors (Lipinski definition) is 4. The van der Waals surface area contributed by atoms with Crippen molar-refractivity contribution >= 4 is 22.1 Å². The Labute approximate surface area is 371 Å². The summed E-state index contributed by atoms with van der Waals surface area (Å²) in [6.45, 7) is 3.78. The summed E-state index contributed by atoms with van der Waals surface area (Å²) in [5.41, 5.74) is 0. The summed E-state index contributed by atoms with van der Waals surface area (Å²) < 4.78 is 54.1. The largest absolute Gasteiger partial charge is 0.462 e. The number of ether oxygens (including phenoxy) is 4. The van der Waals surface area contributed by atoms with Gasteiger partial charge in [0, 0.05) is 12.8 Å². The molecule has 4 N–H and O–H groups in total. The molecule has 0 aromatic heterocycles. The second-order valence-electron chi connectivity index (χ2n) is 17.5. The molecule has 1 fully saturated rings. The molecule has 1 saturated heterocycles. The van der Waals surface area contributed by atoms with Gasteiger partial charge in [-0.15, -0.1) is 0 Å². The Kier molecular flexibility index (Phi) is 36.5. The Balaban J connectivity index is 2.36. The van der Waals surface area contributed by atoms with Crippen molar-refractivity contribution in [2.75, 3.05) is 19.0 Å². The van der Waals surface area contributed by atoms with E-state index in [0.29, 0.717) is 12.8 Å². The molecule has 0 saturated carbocycles. The molecule has 1 aliphatic heterocycles. The van der Waals surface area contributed by atoms with Crippen LogP contribution in [0.25, 0.3) is 0 Å². The highest BCUT2D eigenvalue weighted by Crippen LogP contribution is 2.24. The van der Waals surface area contributed by atoms with Gasteiger partial charge in [0.15, 0.2) is 12.4 Å². The maximum absolute atomic E-state index is 12.8. The van der Waals surface area contributed by atoms with Crippen molar-refractivity contribution in [1.82, 2.24) is 0 Å². The van der Waals surface area contributed by atoms with Gasteiger partial charge in [-0.2, -0.15) is 8.42 Å². The first-order valence-electron chi connectivity index (χ1n) is 24.7. The third-order valence-corrected chi connectivity index (χ3v) is 12.3. The third kappa shape index (κ3) is 33.6. The van der Waals surface area contributed by atoms with Crippen LogP contribution in [0, 0.1) is 0 Å². The van der Waals surface area contributed by atoms with Crippen molar-refractivity contribution in [2.45, 2.75) is 263 Å². The fourth-order valence-electron chi connectivity index (χ4n) is 7.73. The minimum atomic E-state index is -4.60. The van der Waals surface area contributed by atoms with E-state index in [0.717, 1.165) is 38.5 Å². The number of rotatable bonds is 42. The van der Waals surface area contributed by atoms with E-state index in [4.69, 9.17) is 18.9 Å². The SMILES string of the molecule is CCCCCCCCCC/C=C\CCCCCCCCCCCC(=O)OC(COC(=O)CCCCCCCCCCCCCC)COC1OC(CS(=O)(=O)O)C(O)C(O)C1O. The normalized spacial score (nSPS) is 20.0. The molecule has 360 valence electrons. The minimum Gasteiger partial charge on any atom is -0.462 e. The maximum Gasteiger partial charge on any atom is 0.306 e. The van der Waals surface area contributed by atoms with Gasteiger partial charge in [-0.1, -0.05) is 187 Å². The lowest BCUT2D eigenvalue weighted by Crippen LogP contribution is -2.60. The molecule has 0 amide bonds. The molecule has 0 bridgehead atoms. The van der Waals surface area contributed by atoms with Crippen LogP contribution in [0.3, 0.4) is 0 Å². The standard InChI is InChI=1S/C48H90O12S/c1-3-5-7-9-11-13-15-17-18-19-20-21-22-23-24-25-27-29-31-33-35-37-44(50)59-41(39-58-48-47(53)46(52)45(51)42(60-48)40-61(54,55)56)38-57-43(49)36-34-32-30-28-26-16-14-12-10-8-6-4-2/h19-20,41-42,45-48,51-53H,3-18,21-40H2,1-2H3,(H,54,55,56)/b20-19-. The van der Waals surface area contributed by atoms with Gasteiger partial charge in [0.2, 0.25) is 0 Å². The summed E-state index contributed by atoms with van der Waals surface area (Å²) >= 11 is 0. The predicted molar refractivity (Wildman–Crippen MR) is 243 cm³/mol. The number of carbonyl (C=O) groups is 2. The molecular formula is C48H90O12S. The van der Waals surface area contributed by atoms with E-state index in [2.05, 4.69) is 26.0 Å². The van der Waals surface area contributed by atoms with E-state index in [1.54, 1.807) is 0 Å². The van der Waals surface area contributed by atoms with Gasteiger partial charge in [0.25, 0.3) is 10.1 Å². The Morgan fingerprint density at radius 3 is 1.36 bits per heavy atom. The summed E-state index contributed by atoms with van der Waals surface area (Å²) in [7, 11) is -4.60. The highest BCUT2D eigenvalue weighted by molar-refractivity contribution is 7.85. The van der Waals surface area contributed by atoms with Gasteiger partial charge >= 0.3 is 11.9 Å². The highest BCUT2D eigenvalue weighted by atomic mass is 32.2. The molecular weight excluding hydrogens is 801 g/mol. The number of allylic oxidation sites excluding steroid dienone is 2. The van der Waals surface area contributed by atoms with E-state index >= 15 is 0 Å². The minimum absolute atomic E-state index is 0.166. The third-order valence-electron chi connectivity index (χ3n) is 11.6. The van der Waals surface area contributed by atoms with Crippen molar-refractivity contribution in [3.63, 3.8) is 0 Å². The van der Waals surface area contributed by atoms with Gasteiger partial charge < -0.3 is 34.3 Å². The second kappa shape index (κ2) is 38.8. The van der Waals surface area contributed by atoms with E-state index in [1.165, 1.54) is 148 Å². The molecule has 1 aliphatic rings. The summed E-state index contributed by atoms with van der Waals surface area (Å²) in [6.07, 6.45) is 32.6. The van der Waals surface area contributed by atoms with Crippen LogP contribution in [-0.2, 0) is 38.7 Å².